The molecule has 0 atom stereocenters. The third kappa shape index (κ3) is 3.71. The van der Waals surface area contributed by atoms with Gasteiger partial charge in [-0.2, -0.15) is 0 Å². The molecule has 9 heteroatoms. The maximum absolute atomic E-state index is 10.6. The molecule has 76 valence electrons. The molecule has 0 heterocycles. The van der Waals surface area contributed by atoms with Gasteiger partial charge < -0.3 is 4.55 Å². The maximum atomic E-state index is 10.6. The quantitative estimate of drug-likeness (QED) is 0.269. The van der Waals surface area contributed by atoms with Crippen LogP contribution < -0.4 is 29.6 Å². The van der Waals surface area contributed by atoms with E-state index in [4.69, 9.17) is 11.6 Å². The molecule has 1 aromatic carbocycles. The molecule has 0 N–H and O–H groups in total. The molecule has 0 bridgehead atoms. The van der Waals surface area contributed by atoms with Gasteiger partial charge in [0.2, 0.25) is 0 Å². The first-order chi connectivity index (χ1) is 6.32. The predicted molar refractivity (Wildman–Crippen MR) is 46.1 cm³/mol. The molecule has 15 heavy (non-hydrogen) atoms. The zero-order valence-electron chi connectivity index (χ0n) is 7.51. The Bertz CT molecular complexity index is 488. The minimum atomic E-state index is -4.88. The third-order valence-electron chi connectivity index (χ3n) is 1.39. The Labute approximate surface area is 112 Å². The van der Waals surface area contributed by atoms with Crippen LogP contribution in [0.25, 0.3) is 0 Å². The maximum Gasteiger partial charge on any atom is 1.00 e. The summed E-state index contributed by atoms with van der Waals surface area (Å²) in [5.41, 5.74) is -0.774. The van der Waals surface area contributed by atoms with Crippen molar-refractivity contribution in [2.24, 2.45) is 0 Å². The second-order valence-electron chi connectivity index (χ2n) is 2.32. The van der Waals surface area contributed by atoms with E-state index in [0.717, 1.165) is 18.2 Å². The molecular formula is C6H3ClNNaO5S. The molecule has 1 aromatic rings. The Kier molecular flexibility index (Phi) is 5.18. The average molecular weight is 260 g/mol. The van der Waals surface area contributed by atoms with Crippen LogP contribution in [0, 0.1) is 10.1 Å². The first-order valence-electron chi connectivity index (χ1n) is 3.22. The summed E-state index contributed by atoms with van der Waals surface area (Å²) < 4.78 is 31.8. The first-order valence-corrected chi connectivity index (χ1v) is 5.01. The van der Waals surface area contributed by atoms with E-state index in [2.05, 4.69) is 0 Å². The van der Waals surface area contributed by atoms with Crippen molar-refractivity contribution in [3.63, 3.8) is 0 Å². The van der Waals surface area contributed by atoms with Crippen molar-refractivity contribution >= 4 is 27.4 Å². The van der Waals surface area contributed by atoms with Gasteiger partial charge in [0.1, 0.15) is 15.0 Å². The Hall–Kier alpha value is -0.180. The zero-order valence-corrected chi connectivity index (χ0v) is 11.1. The fraction of sp³-hybridized carbons (Fsp3) is 0. The van der Waals surface area contributed by atoms with Gasteiger partial charge in [0, 0.05) is 11.1 Å². The van der Waals surface area contributed by atoms with Gasteiger partial charge in [-0.05, 0) is 12.1 Å². The second kappa shape index (κ2) is 5.24. The van der Waals surface area contributed by atoms with E-state index in [1.54, 1.807) is 0 Å². The number of halogens is 1. The van der Waals surface area contributed by atoms with Crippen LogP contribution in [-0.2, 0) is 10.1 Å². The summed E-state index contributed by atoms with van der Waals surface area (Å²) >= 11 is 5.40. The van der Waals surface area contributed by atoms with E-state index in [1.165, 1.54) is 0 Å². The Balaban J connectivity index is 0.00000196. The van der Waals surface area contributed by atoms with Crippen molar-refractivity contribution in [2.45, 2.75) is 4.90 Å². The van der Waals surface area contributed by atoms with E-state index >= 15 is 0 Å². The van der Waals surface area contributed by atoms with Crippen LogP contribution >= 0.6 is 11.6 Å². The van der Waals surface area contributed by atoms with Crippen LogP contribution in [-0.4, -0.2) is 17.9 Å². The van der Waals surface area contributed by atoms with E-state index < -0.39 is 25.6 Å². The summed E-state index contributed by atoms with van der Waals surface area (Å²) in [4.78, 5) is 8.46. The van der Waals surface area contributed by atoms with Crippen molar-refractivity contribution in [3.8, 4) is 0 Å². The molecule has 0 saturated heterocycles. The molecule has 0 aliphatic carbocycles. The minimum absolute atomic E-state index is 0. The van der Waals surface area contributed by atoms with E-state index in [-0.39, 0.29) is 34.6 Å². The summed E-state index contributed by atoms with van der Waals surface area (Å²) in [7, 11) is -4.88. The van der Waals surface area contributed by atoms with Crippen LogP contribution in [0.4, 0.5) is 5.69 Å². The van der Waals surface area contributed by atoms with Gasteiger partial charge in [-0.15, -0.1) is 0 Å². The van der Waals surface area contributed by atoms with Crippen molar-refractivity contribution in [2.75, 3.05) is 0 Å². The van der Waals surface area contributed by atoms with E-state index in [0.29, 0.717) is 0 Å². The molecule has 6 nitrogen and oxygen atoms in total. The molecule has 1 rings (SSSR count). The molecule has 0 aromatic heterocycles. The summed E-state index contributed by atoms with van der Waals surface area (Å²) in [6.07, 6.45) is 0. The number of nitrogens with zero attached hydrogens (tertiary/aromatic N) is 1. The zero-order chi connectivity index (χ0) is 10.9. The molecule has 0 amide bonds. The summed E-state index contributed by atoms with van der Waals surface area (Å²) in [5.74, 6) is 0. The Morgan fingerprint density at radius 1 is 1.33 bits per heavy atom. The fourth-order valence-corrected chi connectivity index (χ4v) is 1.75. The number of benzene rings is 1. The second-order valence-corrected chi connectivity index (χ2v) is 4.11. The van der Waals surface area contributed by atoms with Crippen LogP contribution in [0.2, 0.25) is 5.02 Å². The SMILES string of the molecule is O=[N+]([O-])c1ccc(Cl)cc1S(=O)(=O)[O-].[Na+]. The molecular weight excluding hydrogens is 257 g/mol. The van der Waals surface area contributed by atoms with Crippen LogP contribution in [0.1, 0.15) is 0 Å². The Morgan fingerprint density at radius 3 is 2.27 bits per heavy atom. The van der Waals surface area contributed by atoms with Gasteiger partial charge in [0.05, 0.1) is 4.92 Å². The molecule has 0 unspecified atom stereocenters. The van der Waals surface area contributed by atoms with Gasteiger partial charge in [0.15, 0.2) is 0 Å². The molecule has 0 radical (unpaired) electrons. The standard InChI is InChI=1S/C6H4ClNO5S.Na/c7-4-1-2-5(8(9)10)6(3-4)14(11,12)13;/h1-3H,(H,11,12,13);/q;+1/p-1. The van der Waals surface area contributed by atoms with Crippen molar-refractivity contribution < 1.29 is 47.5 Å². The molecule has 0 saturated carbocycles. The number of nitro benzene ring substituents is 1. The number of hydrogen-bond acceptors (Lipinski definition) is 5. The minimum Gasteiger partial charge on any atom is -0.744 e. The van der Waals surface area contributed by atoms with Crippen molar-refractivity contribution in [1.82, 2.24) is 0 Å². The largest absolute Gasteiger partial charge is 1.00 e. The number of rotatable bonds is 2. The van der Waals surface area contributed by atoms with Gasteiger partial charge in [0.25, 0.3) is 5.69 Å². The monoisotopic (exact) mass is 259 g/mol. The average Bonchev–Trinajstić information content (AvgIpc) is 2.01. The van der Waals surface area contributed by atoms with Crippen molar-refractivity contribution in [1.29, 1.82) is 0 Å². The smallest absolute Gasteiger partial charge is 0.744 e. The molecule has 0 aliphatic heterocycles. The summed E-state index contributed by atoms with van der Waals surface area (Å²) in [5, 5.41) is 10.3. The van der Waals surface area contributed by atoms with E-state index in [9.17, 15) is 23.1 Å². The molecule has 0 aliphatic rings. The summed E-state index contributed by atoms with van der Waals surface area (Å²) in [6.45, 7) is 0. The van der Waals surface area contributed by atoms with Crippen LogP contribution in [0.15, 0.2) is 23.1 Å². The van der Waals surface area contributed by atoms with Gasteiger partial charge >= 0.3 is 29.6 Å². The molecule has 0 fully saturated rings. The van der Waals surface area contributed by atoms with Gasteiger partial charge in [-0.25, -0.2) is 8.42 Å². The van der Waals surface area contributed by atoms with Gasteiger partial charge in [-0.1, -0.05) is 11.6 Å². The number of nitro groups is 1. The summed E-state index contributed by atoms with van der Waals surface area (Å²) in [6, 6.07) is 2.75. The van der Waals surface area contributed by atoms with Crippen molar-refractivity contribution in [3.05, 3.63) is 33.3 Å². The van der Waals surface area contributed by atoms with E-state index in [1.807, 2.05) is 0 Å². The normalized spacial score (nSPS) is 10.5. The van der Waals surface area contributed by atoms with Crippen LogP contribution in [0.3, 0.4) is 0 Å². The van der Waals surface area contributed by atoms with Crippen LogP contribution in [0.5, 0.6) is 0 Å². The fourth-order valence-electron chi connectivity index (χ4n) is 0.839. The topological polar surface area (TPSA) is 100 Å². The van der Waals surface area contributed by atoms with Gasteiger partial charge in [-0.3, -0.25) is 10.1 Å². The first kappa shape index (κ1) is 14.8. The molecule has 0 spiro atoms. The third-order valence-corrected chi connectivity index (χ3v) is 2.49. The predicted octanol–water partition coefficient (Wildman–Crippen LogP) is -1.84. The number of hydrogen-bond donors (Lipinski definition) is 0. The Morgan fingerprint density at radius 2 is 1.87 bits per heavy atom.